The molecule has 0 radical (unpaired) electrons. The third-order valence-electron chi connectivity index (χ3n) is 4.55. The summed E-state index contributed by atoms with van der Waals surface area (Å²) in [6.07, 6.45) is 0. The molecule has 2 amide bonds. The van der Waals surface area contributed by atoms with Crippen molar-refractivity contribution in [1.82, 2.24) is 20.4 Å². The summed E-state index contributed by atoms with van der Waals surface area (Å²) in [5.41, 5.74) is 2.37. The summed E-state index contributed by atoms with van der Waals surface area (Å²) in [4.78, 5) is 25.0. The van der Waals surface area contributed by atoms with Crippen LogP contribution in [0.25, 0.3) is 0 Å². The number of nitrogens with one attached hydrogen (secondary N) is 2. The van der Waals surface area contributed by atoms with Crippen LogP contribution in [0.15, 0.2) is 30.3 Å². The Morgan fingerprint density at radius 3 is 2.32 bits per heavy atom. The number of nitrogens with zero attached hydrogens (tertiary/aromatic N) is 2. The Hall–Kier alpha value is -2.70. The van der Waals surface area contributed by atoms with E-state index in [1.165, 1.54) is 24.3 Å². The van der Waals surface area contributed by atoms with Crippen LogP contribution in [0.3, 0.4) is 0 Å². The van der Waals surface area contributed by atoms with Crippen LogP contribution in [0, 0.1) is 31.5 Å². The van der Waals surface area contributed by atoms with E-state index in [1.54, 1.807) is 0 Å². The lowest BCUT2D eigenvalue weighted by atomic mass is 10.0. The first kappa shape index (κ1) is 21.6. The second-order valence-electron chi connectivity index (χ2n) is 7.66. The van der Waals surface area contributed by atoms with E-state index in [4.69, 9.17) is 0 Å². The summed E-state index contributed by atoms with van der Waals surface area (Å²) in [6.45, 7) is 10.9. The topological polar surface area (TPSA) is 76.0 Å². The highest BCUT2D eigenvalue weighted by Crippen LogP contribution is 2.08. The van der Waals surface area contributed by atoms with Crippen molar-refractivity contribution in [3.8, 4) is 0 Å². The maximum absolute atomic E-state index is 13.0. The Morgan fingerprint density at radius 1 is 1.14 bits per heavy atom. The van der Waals surface area contributed by atoms with Gasteiger partial charge in [-0.2, -0.15) is 5.10 Å². The van der Waals surface area contributed by atoms with Gasteiger partial charge in [-0.05, 0) is 56.0 Å². The number of amides is 2. The van der Waals surface area contributed by atoms with E-state index >= 15 is 0 Å². The van der Waals surface area contributed by atoms with Gasteiger partial charge in [-0.25, -0.2) is 4.39 Å². The van der Waals surface area contributed by atoms with Gasteiger partial charge in [0.05, 0.1) is 5.69 Å². The van der Waals surface area contributed by atoms with Crippen LogP contribution in [0.2, 0.25) is 0 Å². The molecule has 1 aromatic heterocycles. The molecule has 2 atom stereocenters. The zero-order valence-corrected chi connectivity index (χ0v) is 17.1. The van der Waals surface area contributed by atoms with Crippen molar-refractivity contribution >= 4 is 11.8 Å². The predicted octanol–water partition coefficient (Wildman–Crippen LogP) is 2.85. The van der Waals surface area contributed by atoms with Crippen molar-refractivity contribution < 1.29 is 14.0 Å². The second kappa shape index (κ2) is 9.48. The highest BCUT2D eigenvalue weighted by Gasteiger charge is 2.25. The van der Waals surface area contributed by atoms with Crippen LogP contribution in [-0.4, -0.2) is 34.2 Å². The van der Waals surface area contributed by atoms with Crippen molar-refractivity contribution in [1.29, 1.82) is 0 Å². The van der Waals surface area contributed by atoms with Gasteiger partial charge in [0.25, 0.3) is 5.91 Å². The van der Waals surface area contributed by atoms with Gasteiger partial charge >= 0.3 is 0 Å². The monoisotopic (exact) mass is 388 g/mol. The first-order valence-electron chi connectivity index (χ1n) is 9.52. The van der Waals surface area contributed by atoms with E-state index in [0.29, 0.717) is 18.7 Å². The molecule has 1 heterocycles. The smallest absolute Gasteiger partial charge is 0.251 e. The third-order valence-corrected chi connectivity index (χ3v) is 4.55. The molecule has 6 nitrogen and oxygen atoms in total. The summed E-state index contributed by atoms with van der Waals surface area (Å²) in [5, 5.41) is 10.1. The molecule has 7 heteroatoms. The molecule has 0 saturated heterocycles. The molecular weight excluding hydrogens is 359 g/mol. The maximum Gasteiger partial charge on any atom is 0.251 e. The average Bonchev–Trinajstić information content (AvgIpc) is 2.94. The van der Waals surface area contributed by atoms with Gasteiger partial charge in [0.15, 0.2) is 0 Å². The average molecular weight is 388 g/mol. The van der Waals surface area contributed by atoms with E-state index < -0.39 is 17.8 Å². The quantitative estimate of drug-likeness (QED) is 0.730. The van der Waals surface area contributed by atoms with Crippen LogP contribution in [0.4, 0.5) is 4.39 Å². The van der Waals surface area contributed by atoms with Crippen molar-refractivity contribution in [3.05, 3.63) is 53.1 Å². The summed E-state index contributed by atoms with van der Waals surface area (Å²) >= 11 is 0. The molecule has 152 valence electrons. The van der Waals surface area contributed by atoms with Gasteiger partial charge in [-0.1, -0.05) is 20.8 Å². The van der Waals surface area contributed by atoms with E-state index in [2.05, 4.69) is 15.7 Å². The number of hydrogen-bond acceptors (Lipinski definition) is 3. The number of halogens is 1. The molecule has 2 aromatic rings. The van der Waals surface area contributed by atoms with E-state index in [0.717, 1.165) is 11.4 Å². The lowest BCUT2D eigenvalue weighted by molar-refractivity contribution is -0.124. The maximum atomic E-state index is 13.0. The molecule has 0 spiro atoms. The molecule has 2 N–H and O–H groups in total. The minimum atomic E-state index is -0.668. The van der Waals surface area contributed by atoms with Gasteiger partial charge in [-0.3, -0.25) is 14.3 Å². The molecular formula is C21H29FN4O2. The fourth-order valence-corrected chi connectivity index (χ4v) is 2.97. The van der Waals surface area contributed by atoms with Crippen LogP contribution < -0.4 is 10.6 Å². The fraction of sp³-hybridized carbons (Fsp3) is 0.476. The van der Waals surface area contributed by atoms with Crippen LogP contribution in [-0.2, 0) is 11.3 Å². The third kappa shape index (κ3) is 5.90. The molecule has 0 fully saturated rings. The van der Waals surface area contributed by atoms with Crippen molar-refractivity contribution in [2.24, 2.45) is 11.8 Å². The molecule has 2 unspecified atom stereocenters. The van der Waals surface area contributed by atoms with Gasteiger partial charge in [0.1, 0.15) is 11.9 Å². The van der Waals surface area contributed by atoms with E-state index in [9.17, 15) is 14.0 Å². The van der Waals surface area contributed by atoms with Crippen molar-refractivity contribution in [3.63, 3.8) is 0 Å². The number of carbonyl (C=O) groups is 2. The Kier molecular flexibility index (Phi) is 7.31. The minimum absolute atomic E-state index is 0.0873. The molecule has 0 aliphatic rings. The molecule has 0 saturated carbocycles. The number of aromatic nitrogens is 2. The van der Waals surface area contributed by atoms with Crippen molar-refractivity contribution in [2.75, 3.05) is 6.54 Å². The Bertz CT molecular complexity index is 814. The number of carbonyl (C=O) groups excluding carboxylic acids is 2. The molecule has 0 aliphatic carbocycles. The SMILES string of the molecule is Cc1cc(C)n(CC(C)CNC(=O)C(NC(=O)c2ccc(F)cc2)C(C)C)n1. The molecule has 2 rings (SSSR count). The highest BCUT2D eigenvalue weighted by atomic mass is 19.1. The number of hydrogen-bond donors (Lipinski definition) is 2. The van der Waals surface area contributed by atoms with Crippen molar-refractivity contribution in [2.45, 2.75) is 47.2 Å². The zero-order valence-electron chi connectivity index (χ0n) is 17.1. The number of benzene rings is 1. The summed E-state index contributed by atoms with van der Waals surface area (Å²) in [6, 6.07) is 6.59. The lowest BCUT2D eigenvalue weighted by Crippen LogP contribution is -2.50. The van der Waals surface area contributed by atoms with Gasteiger partial charge in [0.2, 0.25) is 5.91 Å². The Balaban J connectivity index is 1.92. The van der Waals surface area contributed by atoms with E-state index in [-0.39, 0.29) is 17.7 Å². The standard InChI is InChI=1S/C21H29FN4O2/c1-13(2)19(24-20(27)17-6-8-18(22)9-7-17)21(28)23-11-14(3)12-26-16(5)10-15(4)25-26/h6-10,13-14,19H,11-12H2,1-5H3,(H,23,28)(H,24,27). The lowest BCUT2D eigenvalue weighted by Gasteiger charge is -2.23. The summed E-state index contributed by atoms with van der Waals surface area (Å²) < 4.78 is 15.0. The second-order valence-corrected chi connectivity index (χ2v) is 7.66. The largest absolute Gasteiger partial charge is 0.354 e. The Morgan fingerprint density at radius 2 is 1.79 bits per heavy atom. The van der Waals surface area contributed by atoms with E-state index in [1.807, 2.05) is 45.4 Å². The normalized spacial score (nSPS) is 13.2. The Labute approximate surface area is 165 Å². The predicted molar refractivity (Wildman–Crippen MR) is 106 cm³/mol. The van der Waals surface area contributed by atoms with Crippen LogP contribution in [0.5, 0.6) is 0 Å². The van der Waals surface area contributed by atoms with Gasteiger partial charge in [0, 0.05) is 24.3 Å². The fourth-order valence-electron chi connectivity index (χ4n) is 2.97. The first-order valence-corrected chi connectivity index (χ1v) is 9.52. The van der Waals surface area contributed by atoms with Crippen LogP contribution in [0.1, 0.15) is 42.5 Å². The molecule has 0 bridgehead atoms. The first-order chi connectivity index (χ1) is 13.2. The summed E-state index contributed by atoms with van der Waals surface area (Å²) in [7, 11) is 0. The summed E-state index contributed by atoms with van der Waals surface area (Å²) in [5.74, 6) is -0.945. The van der Waals surface area contributed by atoms with Gasteiger partial charge in [-0.15, -0.1) is 0 Å². The molecule has 28 heavy (non-hydrogen) atoms. The van der Waals surface area contributed by atoms with Crippen LogP contribution >= 0.6 is 0 Å². The number of rotatable bonds is 8. The molecule has 0 aliphatic heterocycles. The minimum Gasteiger partial charge on any atom is -0.354 e. The highest BCUT2D eigenvalue weighted by molar-refractivity contribution is 5.97. The number of aryl methyl sites for hydroxylation is 2. The molecule has 1 aromatic carbocycles. The van der Waals surface area contributed by atoms with Gasteiger partial charge < -0.3 is 10.6 Å². The zero-order chi connectivity index (χ0) is 20.8.